The van der Waals surface area contributed by atoms with Gasteiger partial charge in [0.25, 0.3) is 15.7 Å². The molecule has 0 saturated carbocycles. The Kier molecular flexibility index (Phi) is 7.52. The normalized spacial score (nSPS) is 15.0. The fraction of sp³-hybridized carbons (Fsp3) is 0.280. The molecule has 182 valence electrons. The molecule has 0 spiro atoms. The van der Waals surface area contributed by atoms with Gasteiger partial charge in [0.2, 0.25) is 0 Å². The van der Waals surface area contributed by atoms with Crippen LogP contribution in [0.3, 0.4) is 0 Å². The fourth-order valence-electron chi connectivity index (χ4n) is 4.25. The Morgan fingerprint density at radius 1 is 1.03 bits per heavy atom. The van der Waals surface area contributed by atoms with Crippen LogP contribution in [-0.2, 0) is 10.0 Å². The van der Waals surface area contributed by atoms with Gasteiger partial charge >= 0.3 is 0 Å². The van der Waals surface area contributed by atoms with Crippen molar-refractivity contribution in [3.05, 3.63) is 94.8 Å². The Balaban J connectivity index is 1.44. The molecule has 1 saturated heterocycles. The minimum absolute atomic E-state index is 0.0286. The fourth-order valence-corrected chi connectivity index (χ4v) is 5.69. The standard InChI is InChI=1S/C25H26N4O5S/c30-25(20-5-2-1-3-6-20)21-12-15-27(16-13-21)17-18-28(23-7-4-14-26-19-23)35(33,34)24-10-8-22(9-11-24)29(31)32/h1-11,14,19,21H,12-13,15-18H2. The first-order chi connectivity index (χ1) is 16.9. The molecule has 0 unspecified atom stereocenters. The van der Waals surface area contributed by atoms with E-state index in [2.05, 4.69) is 9.88 Å². The van der Waals surface area contributed by atoms with E-state index in [0.29, 0.717) is 25.3 Å². The van der Waals surface area contributed by atoms with Crippen LogP contribution in [-0.4, -0.2) is 55.2 Å². The third-order valence-electron chi connectivity index (χ3n) is 6.21. The molecule has 0 N–H and O–H groups in total. The van der Waals surface area contributed by atoms with Crippen LogP contribution in [0.4, 0.5) is 11.4 Å². The number of sulfonamides is 1. The summed E-state index contributed by atoms with van der Waals surface area (Å²) in [4.78, 5) is 29.3. The molecule has 1 fully saturated rings. The quantitative estimate of drug-likeness (QED) is 0.253. The van der Waals surface area contributed by atoms with Gasteiger partial charge in [-0.1, -0.05) is 30.3 Å². The Hall–Kier alpha value is -3.63. The molecule has 1 aliphatic rings. The summed E-state index contributed by atoms with van der Waals surface area (Å²) in [7, 11) is -3.97. The zero-order chi connectivity index (χ0) is 24.8. The summed E-state index contributed by atoms with van der Waals surface area (Å²) in [5.41, 5.74) is 0.965. The smallest absolute Gasteiger partial charge is 0.269 e. The number of hydrogen-bond donors (Lipinski definition) is 0. The number of ketones is 1. The van der Waals surface area contributed by atoms with E-state index >= 15 is 0 Å². The van der Waals surface area contributed by atoms with Gasteiger partial charge in [-0.15, -0.1) is 0 Å². The summed E-state index contributed by atoms with van der Waals surface area (Å²) in [5, 5.41) is 11.0. The number of carbonyl (C=O) groups excluding carboxylic acids is 1. The van der Waals surface area contributed by atoms with E-state index in [1.165, 1.54) is 34.8 Å². The number of Topliss-reactive ketones (excluding diaryl/α,β-unsaturated/α-hetero) is 1. The molecule has 4 rings (SSSR count). The summed E-state index contributed by atoms with van der Waals surface area (Å²) in [6.45, 7) is 2.05. The molecule has 1 aromatic heterocycles. The molecular weight excluding hydrogens is 468 g/mol. The van der Waals surface area contributed by atoms with Gasteiger partial charge in [0.15, 0.2) is 5.78 Å². The number of aromatic nitrogens is 1. The summed E-state index contributed by atoms with van der Waals surface area (Å²) >= 11 is 0. The number of non-ortho nitro benzene ring substituents is 1. The Morgan fingerprint density at radius 2 is 1.71 bits per heavy atom. The van der Waals surface area contributed by atoms with Crippen LogP contribution in [0.1, 0.15) is 23.2 Å². The zero-order valence-electron chi connectivity index (χ0n) is 19.1. The predicted octanol–water partition coefficient (Wildman–Crippen LogP) is 3.78. The lowest BCUT2D eigenvalue weighted by Gasteiger charge is -2.33. The van der Waals surface area contributed by atoms with Gasteiger partial charge in [-0.3, -0.25) is 24.2 Å². The monoisotopic (exact) mass is 494 g/mol. The number of pyridine rings is 1. The van der Waals surface area contributed by atoms with Crippen LogP contribution in [0.5, 0.6) is 0 Å². The minimum Gasteiger partial charge on any atom is -0.301 e. The van der Waals surface area contributed by atoms with E-state index in [0.717, 1.165) is 18.4 Å². The molecule has 10 heteroatoms. The van der Waals surface area contributed by atoms with E-state index in [1.54, 1.807) is 18.3 Å². The van der Waals surface area contributed by atoms with Crippen LogP contribution >= 0.6 is 0 Å². The largest absolute Gasteiger partial charge is 0.301 e. The Bertz CT molecular complexity index is 1260. The Morgan fingerprint density at radius 3 is 2.31 bits per heavy atom. The van der Waals surface area contributed by atoms with E-state index in [4.69, 9.17) is 0 Å². The highest BCUT2D eigenvalue weighted by Gasteiger charge is 2.29. The highest BCUT2D eigenvalue weighted by atomic mass is 32.2. The summed E-state index contributed by atoms with van der Waals surface area (Å²) in [5.74, 6) is 0.120. The third kappa shape index (κ3) is 5.72. The molecule has 9 nitrogen and oxygen atoms in total. The maximum atomic E-state index is 13.5. The van der Waals surface area contributed by atoms with Gasteiger partial charge in [-0.05, 0) is 50.2 Å². The number of rotatable bonds is 9. The molecule has 2 heterocycles. The maximum Gasteiger partial charge on any atom is 0.269 e. The topological polar surface area (TPSA) is 114 Å². The van der Waals surface area contributed by atoms with Gasteiger partial charge in [-0.25, -0.2) is 8.42 Å². The lowest BCUT2D eigenvalue weighted by Crippen LogP contribution is -2.42. The highest BCUT2D eigenvalue weighted by Crippen LogP contribution is 2.26. The van der Waals surface area contributed by atoms with Crippen molar-refractivity contribution in [1.82, 2.24) is 9.88 Å². The van der Waals surface area contributed by atoms with Gasteiger partial charge < -0.3 is 4.90 Å². The number of hydrogen-bond acceptors (Lipinski definition) is 7. The lowest BCUT2D eigenvalue weighted by atomic mass is 9.89. The second kappa shape index (κ2) is 10.7. The van der Waals surface area contributed by atoms with Crippen molar-refractivity contribution in [2.45, 2.75) is 17.7 Å². The molecule has 3 aromatic rings. The molecule has 0 radical (unpaired) electrons. The van der Waals surface area contributed by atoms with E-state index in [9.17, 15) is 23.3 Å². The van der Waals surface area contributed by atoms with Gasteiger partial charge in [0.1, 0.15) is 0 Å². The van der Waals surface area contributed by atoms with Crippen LogP contribution in [0.15, 0.2) is 84.0 Å². The number of nitro groups is 1. The van der Waals surface area contributed by atoms with Crippen LogP contribution < -0.4 is 4.31 Å². The second-order valence-electron chi connectivity index (χ2n) is 8.39. The van der Waals surface area contributed by atoms with Gasteiger partial charge in [0, 0.05) is 42.9 Å². The van der Waals surface area contributed by atoms with E-state index in [-0.39, 0.29) is 28.8 Å². The molecule has 0 bridgehead atoms. The SMILES string of the molecule is O=C(c1ccccc1)C1CCN(CCN(c2cccnc2)S(=O)(=O)c2ccc([N+](=O)[O-])cc2)CC1. The first-order valence-electron chi connectivity index (χ1n) is 11.3. The molecule has 0 aliphatic carbocycles. The maximum absolute atomic E-state index is 13.5. The van der Waals surface area contributed by atoms with Crippen LogP contribution in [0, 0.1) is 16.0 Å². The van der Waals surface area contributed by atoms with Gasteiger partial charge in [0.05, 0.1) is 21.7 Å². The van der Waals surface area contributed by atoms with E-state index in [1.807, 2.05) is 30.3 Å². The number of likely N-dealkylation sites (tertiary alicyclic amines) is 1. The average molecular weight is 495 g/mol. The van der Waals surface area contributed by atoms with Crippen molar-refractivity contribution in [1.29, 1.82) is 0 Å². The van der Waals surface area contributed by atoms with Crippen LogP contribution in [0.2, 0.25) is 0 Å². The van der Waals surface area contributed by atoms with Gasteiger partial charge in [-0.2, -0.15) is 0 Å². The van der Waals surface area contributed by atoms with Crippen molar-refractivity contribution in [2.24, 2.45) is 5.92 Å². The number of nitro benzene ring substituents is 1. The number of piperidine rings is 1. The first-order valence-corrected chi connectivity index (χ1v) is 12.8. The minimum atomic E-state index is -3.97. The van der Waals surface area contributed by atoms with Crippen molar-refractivity contribution in [3.8, 4) is 0 Å². The average Bonchev–Trinajstić information content (AvgIpc) is 2.90. The third-order valence-corrected chi connectivity index (χ3v) is 8.05. The van der Waals surface area contributed by atoms with Crippen molar-refractivity contribution in [2.75, 3.05) is 30.5 Å². The van der Waals surface area contributed by atoms with Crippen LogP contribution in [0.25, 0.3) is 0 Å². The summed E-state index contributed by atoms with van der Waals surface area (Å²) in [6.07, 6.45) is 4.48. The number of anilines is 1. The number of benzene rings is 2. The number of carbonyl (C=O) groups is 1. The molecule has 35 heavy (non-hydrogen) atoms. The number of nitrogens with zero attached hydrogens (tertiary/aromatic N) is 4. The molecule has 0 amide bonds. The Labute approximate surface area is 204 Å². The molecule has 2 aromatic carbocycles. The second-order valence-corrected chi connectivity index (χ2v) is 10.2. The highest BCUT2D eigenvalue weighted by molar-refractivity contribution is 7.92. The van der Waals surface area contributed by atoms with Crippen molar-refractivity contribution in [3.63, 3.8) is 0 Å². The first kappa shape index (κ1) is 24.5. The summed E-state index contributed by atoms with van der Waals surface area (Å²) in [6, 6.07) is 17.5. The van der Waals surface area contributed by atoms with Crippen molar-refractivity contribution >= 4 is 27.2 Å². The zero-order valence-corrected chi connectivity index (χ0v) is 19.9. The molecular formula is C25H26N4O5S. The lowest BCUT2D eigenvalue weighted by molar-refractivity contribution is -0.384. The summed E-state index contributed by atoms with van der Waals surface area (Å²) < 4.78 is 28.2. The molecule has 1 aliphatic heterocycles. The molecule has 0 atom stereocenters. The predicted molar refractivity (Wildman–Crippen MR) is 132 cm³/mol. The van der Waals surface area contributed by atoms with Crippen molar-refractivity contribution < 1.29 is 18.1 Å². The van der Waals surface area contributed by atoms with E-state index < -0.39 is 14.9 Å².